The summed E-state index contributed by atoms with van der Waals surface area (Å²) < 4.78 is 5.10. The van der Waals surface area contributed by atoms with Crippen LogP contribution in [-0.2, 0) is 11.2 Å². The van der Waals surface area contributed by atoms with Crippen molar-refractivity contribution in [3.8, 4) is 5.75 Å². The lowest BCUT2D eigenvalue weighted by Crippen LogP contribution is -2.26. The van der Waals surface area contributed by atoms with Gasteiger partial charge < -0.3 is 9.64 Å². The molecule has 0 saturated carbocycles. The molecule has 0 radical (unpaired) electrons. The molecule has 0 spiro atoms. The fourth-order valence-corrected chi connectivity index (χ4v) is 1.90. The van der Waals surface area contributed by atoms with Crippen molar-refractivity contribution < 1.29 is 9.53 Å². The van der Waals surface area contributed by atoms with Crippen molar-refractivity contribution in [3.63, 3.8) is 0 Å². The van der Waals surface area contributed by atoms with E-state index in [9.17, 15) is 4.79 Å². The van der Waals surface area contributed by atoms with Crippen molar-refractivity contribution in [1.29, 1.82) is 0 Å². The smallest absolute Gasteiger partial charge is 0.227 e. The Morgan fingerprint density at radius 3 is 2.55 bits per heavy atom. The molecule has 0 aliphatic heterocycles. The third-order valence-electron chi connectivity index (χ3n) is 3.15. The highest BCUT2D eigenvalue weighted by atomic mass is 16.5. The second-order valence-corrected chi connectivity index (χ2v) is 4.47. The fraction of sp³-hybridized carbons (Fsp3) is 0.250. The van der Waals surface area contributed by atoms with E-state index >= 15 is 0 Å². The van der Waals surface area contributed by atoms with E-state index in [0.29, 0.717) is 12.8 Å². The second kappa shape index (κ2) is 6.70. The largest absolute Gasteiger partial charge is 0.497 e. The Labute approximate surface area is 119 Å². The SMILES string of the molecule is COc1ccc(N(C)C(=O)CCc2ccccn2)cc1. The molecule has 1 heterocycles. The van der Waals surface area contributed by atoms with Crippen LogP contribution in [0, 0.1) is 0 Å². The zero-order chi connectivity index (χ0) is 14.4. The zero-order valence-electron chi connectivity index (χ0n) is 11.7. The lowest BCUT2D eigenvalue weighted by molar-refractivity contribution is -0.118. The predicted octanol–water partition coefficient (Wildman–Crippen LogP) is 2.69. The molecule has 2 rings (SSSR count). The number of ether oxygens (including phenoxy) is 1. The average Bonchev–Trinajstić information content (AvgIpc) is 2.53. The number of carbonyl (C=O) groups is 1. The molecule has 4 nitrogen and oxygen atoms in total. The first-order valence-corrected chi connectivity index (χ1v) is 6.51. The van der Waals surface area contributed by atoms with Crippen LogP contribution in [0.15, 0.2) is 48.7 Å². The van der Waals surface area contributed by atoms with Crippen LogP contribution in [0.2, 0.25) is 0 Å². The molecule has 104 valence electrons. The number of benzene rings is 1. The summed E-state index contributed by atoms with van der Waals surface area (Å²) in [6, 6.07) is 13.2. The Bertz CT molecular complexity index is 552. The van der Waals surface area contributed by atoms with Gasteiger partial charge in [0.1, 0.15) is 5.75 Å². The lowest BCUT2D eigenvalue weighted by atomic mass is 10.2. The van der Waals surface area contributed by atoms with Crippen molar-refractivity contribution in [2.24, 2.45) is 0 Å². The number of methoxy groups -OCH3 is 1. The highest BCUT2D eigenvalue weighted by molar-refractivity contribution is 5.92. The van der Waals surface area contributed by atoms with Gasteiger partial charge in [0.2, 0.25) is 5.91 Å². The number of hydrogen-bond acceptors (Lipinski definition) is 3. The van der Waals surface area contributed by atoms with Crippen LogP contribution in [0.1, 0.15) is 12.1 Å². The average molecular weight is 270 g/mol. The van der Waals surface area contributed by atoms with Crippen molar-refractivity contribution in [3.05, 3.63) is 54.4 Å². The maximum Gasteiger partial charge on any atom is 0.227 e. The number of nitrogens with zero attached hydrogens (tertiary/aromatic N) is 2. The number of hydrogen-bond donors (Lipinski definition) is 0. The van der Waals surface area contributed by atoms with Gasteiger partial charge in [-0.3, -0.25) is 9.78 Å². The molecule has 1 aromatic heterocycles. The minimum atomic E-state index is 0.0702. The molecule has 0 unspecified atom stereocenters. The Morgan fingerprint density at radius 2 is 1.95 bits per heavy atom. The topological polar surface area (TPSA) is 42.4 Å². The van der Waals surface area contributed by atoms with Gasteiger partial charge in [0, 0.05) is 31.0 Å². The molecule has 0 aliphatic rings. The molecule has 0 fully saturated rings. The van der Waals surface area contributed by atoms with Crippen LogP contribution in [0.25, 0.3) is 0 Å². The van der Waals surface area contributed by atoms with Gasteiger partial charge in [0.05, 0.1) is 7.11 Å². The Kier molecular flexibility index (Phi) is 4.71. The summed E-state index contributed by atoms with van der Waals surface area (Å²) in [5, 5.41) is 0. The van der Waals surface area contributed by atoms with E-state index in [0.717, 1.165) is 17.1 Å². The van der Waals surface area contributed by atoms with Gasteiger partial charge in [-0.2, -0.15) is 0 Å². The van der Waals surface area contributed by atoms with Crippen LogP contribution in [0.4, 0.5) is 5.69 Å². The number of anilines is 1. The lowest BCUT2D eigenvalue weighted by Gasteiger charge is -2.17. The van der Waals surface area contributed by atoms with Gasteiger partial charge in [0.15, 0.2) is 0 Å². The highest BCUT2D eigenvalue weighted by Gasteiger charge is 2.11. The van der Waals surface area contributed by atoms with E-state index in [1.54, 1.807) is 25.3 Å². The van der Waals surface area contributed by atoms with Crippen LogP contribution >= 0.6 is 0 Å². The number of aryl methyl sites for hydroxylation is 1. The Hall–Kier alpha value is -2.36. The summed E-state index contributed by atoms with van der Waals surface area (Å²) in [6.45, 7) is 0. The summed E-state index contributed by atoms with van der Waals surface area (Å²) in [7, 11) is 3.40. The molecule has 1 amide bonds. The quantitative estimate of drug-likeness (QED) is 0.839. The molecule has 0 atom stereocenters. The van der Waals surface area contributed by atoms with Crippen LogP contribution in [0.5, 0.6) is 5.75 Å². The summed E-state index contributed by atoms with van der Waals surface area (Å²) in [5.41, 5.74) is 1.79. The zero-order valence-corrected chi connectivity index (χ0v) is 11.7. The standard InChI is InChI=1S/C16H18N2O2/c1-18(14-7-9-15(20-2)10-8-14)16(19)11-6-13-5-3-4-12-17-13/h3-5,7-10,12H,6,11H2,1-2H3. The van der Waals surface area contributed by atoms with Gasteiger partial charge in [0.25, 0.3) is 0 Å². The van der Waals surface area contributed by atoms with Crippen molar-refractivity contribution >= 4 is 11.6 Å². The van der Waals surface area contributed by atoms with E-state index in [4.69, 9.17) is 4.74 Å². The van der Waals surface area contributed by atoms with Gasteiger partial charge in [-0.15, -0.1) is 0 Å². The third-order valence-corrected chi connectivity index (χ3v) is 3.15. The van der Waals surface area contributed by atoms with Gasteiger partial charge in [-0.1, -0.05) is 6.07 Å². The number of rotatable bonds is 5. The molecule has 0 N–H and O–H groups in total. The molecular weight excluding hydrogens is 252 g/mol. The Morgan fingerprint density at radius 1 is 1.20 bits per heavy atom. The predicted molar refractivity (Wildman–Crippen MR) is 79.0 cm³/mol. The molecule has 2 aromatic rings. The molecule has 20 heavy (non-hydrogen) atoms. The molecule has 0 bridgehead atoms. The Balaban J connectivity index is 1.94. The second-order valence-electron chi connectivity index (χ2n) is 4.47. The van der Waals surface area contributed by atoms with Crippen molar-refractivity contribution in [1.82, 2.24) is 4.98 Å². The van der Waals surface area contributed by atoms with Crippen molar-refractivity contribution in [2.75, 3.05) is 19.1 Å². The molecule has 0 aliphatic carbocycles. The monoisotopic (exact) mass is 270 g/mol. The van der Waals surface area contributed by atoms with Crippen LogP contribution < -0.4 is 9.64 Å². The first kappa shape index (κ1) is 14.1. The molecule has 4 heteroatoms. The van der Waals surface area contributed by atoms with E-state index in [1.807, 2.05) is 42.5 Å². The van der Waals surface area contributed by atoms with Gasteiger partial charge in [-0.25, -0.2) is 0 Å². The van der Waals surface area contributed by atoms with E-state index in [-0.39, 0.29) is 5.91 Å². The summed E-state index contributed by atoms with van der Waals surface area (Å²) in [6.07, 6.45) is 2.84. The van der Waals surface area contributed by atoms with Crippen LogP contribution in [0.3, 0.4) is 0 Å². The summed E-state index contributed by atoms with van der Waals surface area (Å²) in [4.78, 5) is 18.0. The third kappa shape index (κ3) is 3.57. The maximum atomic E-state index is 12.1. The number of aromatic nitrogens is 1. The molecule has 1 aromatic carbocycles. The first-order chi connectivity index (χ1) is 9.70. The molecule has 0 saturated heterocycles. The summed E-state index contributed by atoms with van der Waals surface area (Å²) >= 11 is 0. The van der Waals surface area contributed by atoms with E-state index < -0.39 is 0 Å². The van der Waals surface area contributed by atoms with Gasteiger partial charge in [-0.05, 0) is 42.8 Å². The van der Waals surface area contributed by atoms with E-state index in [2.05, 4.69) is 4.98 Å². The summed E-state index contributed by atoms with van der Waals surface area (Å²) in [5.74, 6) is 0.851. The molecular formula is C16H18N2O2. The van der Waals surface area contributed by atoms with Crippen LogP contribution in [-0.4, -0.2) is 25.0 Å². The number of carbonyl (C=O) groups excluding carboxylic acids is 1. The van der Waals surface area contributed by atoms with E-state index in [1.165, 1.54) is 0 Å². The first-order valence-electron chi connectivity index (χ1n) is 6.51. The maximum absolute atomic E-state index is 12.1. The fourth-order valence-electron chi connectivity index (χ4n) is 1.90. The van der Waals surface area contributed by atoms with Gasteiger partial charge >= 0.3 is 0 Å². The minimum absolute atomic E-state index is 0.0702. The minimum Gasteiger partial charge on any atom is -0.497 e. The highest BCUT2D eigenvalue weighted by Crippen LogP contribution is 2.18. The number of amides is 1. The van der Waals surface area contributed by atoms with Crippen molar-refractivity contribution in [2.45, 2.75) is 12.8 Å². The number of pyridine rings is 1. The normalized spacial score (nSPS) is 10.1.